The first-order chi connectivity index (χ1) is 9.21. The van der Waals surface area contributed by atoms with Gasteiger partial charge in [0.25, 0.3) is 0 Å². The lowest BCUT2D eigenvalue weighted by atomic mass is 10.1. The van der Waals surface area contributed by atoms with E-state index in [1.807, 2.05) is 0 Å². The monoisotopic (exact) mass is 341 g/mol. The molecule has 0 bridgehead atoms. The zero-order valence-corrected chi connectivity index (χ0v) is 11.7. The van der Waals surface area contributed by atoms with E-state index >= 15 is 0 Å². The standard InChI is InChI=1S/C12H5Cl3F3NO/c13-5-1-2-6(14)10(15)9(5)11-7(20)3-4-8(19-11)12(16,17)18/h1-4,20H. The number of pyridine rings is 1. The highest BCUT2D eigenvalue weighted by Crippen LogP contribution is 2.42. The van der Waals surface area contributed by atoms with Crippen LogP contribution in [0.3, 0.4) is 0 Å². The SMILES string of the molecule is Oc1ccc(C(F)(F)F)nc1-c1c(Cl)ccc(Cl)c1Cl. The summed E-state index contributed by atoms with van der Waals surface area (Å²) in [5.74, 6) is -0.482. The first-order valence-electron chi connectivity index (χ1n) is 5.13. The summed E-state index contributed by atoms with van der Waals surface area (Å²) in [5, 5.41) is 9.74. The van der Waals surface area contributed by atoms with Gasteiger partial charge < -0.3 is 5.11 Å². The van der Waals surface area contributed by atoms with Crippen molar-refractivity contribution in [3.05, 3.63) is 45.0 Å². The molecule has 8 heteroatoms. The molecule has 1 aromatic heterocycles. The van der Waals surface area contributed by atoms with Gasteiger partial charge in [-0.05, 0) is 24.3 Å². The minimum atomic E-state index is -4.65. The summed E-state index contributed by atoms with van der Waals surface area (Å²) in [4.78, 5) is 3.37. The topological polar surface area (TPSA) is 33.1 Å². The lowest BCUT2D eigenvalue weighted by Gasteiger charge is -2.12. The highest BCUT2D eigenvalue weighted by molar-refractivity contribution is 6.46. The first-order valence-corrected chi connectivity index (χ1v) is 6.26. The smallest absolute Gasteiger partial charge is 0.433 e. The third-order valence-corrected chi connectivity index (χ3v) is 3.56. The van der Waals surface area contributed by atoms with E-state index in [4.69, 9.17) is 34.8 Å². The van der Waals surface area contributed by atoms with Crippen LogP contribution in [0.1, 0.15) is 5.69 Å². The normalized spacial score (nSPS) is 11.7. The molecule has 20 heavy (non-hydrogen) atoms. The average Bonchev–Trinajstić information content (AvgIpc) is 2.35. The molecule has 0 unspecified atom stereocenters. The van der Waals surface area contributed by atoms with Crippen LogP contribution in [-0.2, 0) is 6.18 Å². The van der Waals surface area contributed by atoms with Crippen LogP contribution in [0, 0.1) is 0 Å². The molecule has 1 heterocycles. The summed E-state index contributed by atoms with van der Waals surface area (Å²) in [7, 11) is 0. The van der Waals surface area contributed by atoms with Gasteiger partial charge in [0.15, 0.2) is 0 Å². The molecule has 0 spiro atoms. The number of halogens is 6. The number of aromatic nitrogens is 1. The largest absolute Gasteiger partial charge is 0.506 e. The van der Waals surface area contributed by atoms with E-state index in [1.165, 1.54) is 12.1 Å². The van der Waals surface area contributed by atoms with Crippen LogP contribution < -0.4 is 0 Å². The maximum atomic E-state index is 12.7. The van der Waals surface area contributed by atoms with E-state index in [0.29, 0.717) is 6.07 Å². The van der Waals surface area contributed by atoms with Gasteiger partial charge in [0, 0.05) is 5.56 Å². The maximum absolute atomic E-state index is 12.7. The number of hydrogen-bond donors (Lipinski definition) is 1. The van der Waals surface area contributed by atoms with Crippen molar-refractivity contribution in [2.24, 2.45) is 0 Å². The van der Waals surface area contributed by atoms with Crippen molar-refractivity contribution in [1.29, 1.82) is 0 Å². The molecule has 0 aliphatic carbocycles. The molecule has 0 fully saturated rings. The van der Waals surface area contributed by atoms with Gasteiger partial charge in [-0.2, -0.15) is 13.2 Å². The summed E-state index contributed by atoms with van der Waals surface area (Å²) >= 11 is 17.6. The molecule has 106 valence electrons. The van der Waals surface area contributed by atoms with Crippen LogP contribution in [-0.4, -0.2) is 10.1 Å². The Morgan fingerprint density at radius 3 is 2.15 bits per heavy atom. The molecule has 0 aliphatic rings. The molecular weight excluding hydrogens is 337 g/mol. The molecule has 0 saturated carbocycles. The van der Waals surface area contributed by atoms with Gasteiger partial charge in [-0.25, -0.2) is 4.98 Å². The second-order valence-electron chi connectivity index (χ2n) is 3.78. The van der Waals surface area contributed by atoms with Gasteiger partial charge in [-0.1, -0.05) is 34.8 Å². The summed E-state index contributed by atoms with van der Waals surface area (Å²) in [6, 6.07) is 4.27. The quantitative estimate of drug-likeness (QED) is 0.701. The number of alkyl halides is 3. The van der Waals surface area contributed by atoms with Crippen molar-refractivity contribution in [3.8, 4) is 17.0 Å². The fraction of sp³-hybridized carbons (Fsp3) is 0.0833. The zero-order chi connectivity index (χ0) is 15.1. The van der Waals surface area contributed by atoms with E-state index in [-0.39, 0.29) is 26.3 Å². The van der Waals surface area contributed by atoms with Gasteiger partial charge >= 0.3 is 6.18 Å². The molecule has 2 rings (SSSR count). The lowest BCUT2D eigenvalue weighted by Crippen LogP contribution is -2.08. The third-order valence-electron chi connectivity index (χ3n) is 2.45. The van der Waals surface area contributed by atoms with Gasteiger partial charge in [0.2, 0.25) is 0 Å². The van der Waals surface area contributed by atoms with Crippen LogP contribution in [0.4, 0.5) is 13.2 Å². The van der Waals surface area contributed by atoms with E-state index in [9.17, 15) is 18.3 Å². The second-order valence-corrected chi connectivity index (χ2v) is 4.97. The predicted molar refractivity (Wildman–Crippen MR) is 71.4 cm³/mol. The van der Waals surface area contributed by atoms with Crippen molar-refractivity contribution < 1.29 is 18.3 Å². The summed E-state index contributed by atoms with van der Waals surface area (Å²) < 4.78 is 38.0. The van der Waals surface area contributed by atoms with Gasteiger partial charge in [-0.3, -0.25) is 0 Å². The second kappa shape index (κ2) is 5.31. The molecule has 2 aromatic rings. The van der Waals surface area contributed by atoms with Crippen LogP contribution in [0.5, 0.6) is 5.75 Å². The van der Waals surface area contributed by atoms with Crippen LogP contribution in [0.25, 0.3) is 11.3 Å². The lowest BCUT2D eigenvalue weighted by molar-refractivity contribution is -0.141. The summed E-state index contributed by atoms with van der Waals surface area (Å²) in [6.45, 7) is 0. The fourth-order valence-electron chi connectivity index (χ4n) is 1.54. The molecule has 0 amide bonds. The number of nitrogens with zero attached hydrogens (tertiary/aromatic N) is 1. The summed E-state index contributed by atoms with van der Waals surface area (Å²) in [6.07, 6.45) is -4.65. The van der Waals surface area contributed by atoms with Crippen molar-refractivity contribution >= 4 is 34.8 Å². The molecule has 1 aromatic carbocycles. The van der Waals surface area contributed by atoms with E-state index in [0.717, 1.165) is 6.07 Å². The Labute approximate surface area is 126 Å². The Bertz CT molecular complexity index is 674. The molecule has 0 saturated heterocycles. The first kappa shape index (κ1) is 15.2. The molecule has 0 aliphatic heterocycles. The fourth-order valence-corrected chi connectivity index (χ4v) is 2.24. The van der Waals surface area contributed by atoms with Gasteiger partial charge in [-0.15, -0.1) is 0 Å². The highest BCUT2D eigenvalue weighted by atomic mass is 35.5. The Morgan fingerprint density at radius 1 is 0.950 bits per heavy atom. The molecule has 0 radical (unpaired) electrons. The van der Waals surface area contributed by atoms with Crippen LogP contribution >= 0.6 is 34.8 Å². The van der Waals surface area contributed by atoms with Crippen molar-refractivity contribution in [2.75, 3.05) is 0 Å². The predicted octanol–water partition coefficient (Wildman–Crippen LogP) is 5.43. The molecular formula is C12H5Cl3F3NO. The zero-order valence-electron chi connectivity index (χ0n) is 9.47. The minimum Gasteiger partial charge on any atom is -0.506 e. The van der Waals surface area contributed by atoms with E-state index < -0.39 is 17.6 Å². The van der Waals surface area contributed by atoms with Crippen molar-refractivity contribution in [3.63, 3.8) is 0 Å². The summed E-state index contributed by atoms with van der Waals surface area (Å²) in [5.41, 5.74) is -1.60. The van der Waals surface area contributed by atoms with E-state index in [2.05, 4.69) is 4.98 Å². The van der Waals surface area contributed by atoms with Gasteiger partial charge in [0.05, 0.1) is 15.1 Å². The van der Waals surface area contributed by atoms with E-state index in [1.54, 1.807) is 0 Å². The molecule has 2 nitrogen and oxygen atoms in total. The Kier molecular flexibility index (Phi) is 4.04. The maximum Gasteiger partial charge on any atom is 0.433 e. The number of aromatic hydroxyl groups is 1. The molecule has 0 atom stereocenters. The third kappa shape index (κ3) is 2.80. The minimum absolute atomic E-state index is 0.0292. The molecule has 1 N–H and O–H groups in total. The Balaban J connectivity index is 2.73. The number of hydrogen-bond acceptors (Lipinski definition) is 2. The van der Waals surface area contributed by atoms with Crippen LogP contribution in [0.2, 0.25) is 15.1 Å². The number of benzene rings is 1. The Hall–Kier alpha value is -1.17. The van der Waals surface area contributed by atoms with Crippen LogP contribution in [0.15, 0.2) is 24.3 Å². The Morgan fingerprint density at radius 2 is 1.55 bits per heavy atom. The number of rotatable bonds is 1. The average molecular weight is 343 g/mol. The van der Waals surface area contributed by atoms with Crippen molar-refractivity contribution in [2.45, 2.75) is 6.18 Å². The van der Waals surface area contributed by atoms with Gasteiger partial charge in [0.1, 0.15) is 17.1 Å². The van der Waals surface area contributed by atoms with Crippen molar-refractivity contribution in [1.82, 2.24) is 4.98 Å². The highest BCUT2D eigenvalue weighted by Gasteiger charge is 2.33.